The van der Waals surface area contributed by atoms with Crippen molar-refractivity contribution in [2.24, 2.45) is 5.10 Å². The molecule has 3 rings (SSSR count). The van der Waals surface area contributed by atoms with Crippen LogP contribution in [0.3, 0.4) is 0 Å². The number of ether oxygens (including phenoxy) is 1. The van der Waals surface area contributed by atoms with Crippen LogP contribution in [0.4, 0.5) is 10.7 Å². The Bertz CT molecular complexity index is 680. The standard InChI is InChI=1S/C15H19N5O5/c1-2-5-17-6-8-18(9-7-17)14-11-19(15(21)25-14)16-10-12-3-4-13(24-12)20(22)23/h2-4,10,14H,1,5-9,11H2/b16-10+. The predicted molar refractivity (Wildman–Crippen MR) is 88.1 cm³/mol. The van der Waals surface area contributed by atoms with Crippen LogP contribution in [-0.4, -0.2) is 77.5 Å². The van der Waals surface area contributed by atoms with Crippen molar-refractivity contribution < 1.29 is 18.9 Å². The number of hydrazone groups is 1. The number of amides is 1. The molecule has 0 radical (unpaired) electrons. The smallest absolute Gasteiger partial charge is 0.427 e. The average Bonchev–Trinajstić information content (AvgIpc) is 3.21. The monoisotopic (exact) mass is 349 g/mol. The summed E-state index contributed by atoms with van der Waals surface area (Å²) < 4.78 is 10.3. The lowest BCUT2D eigenvalue weighted by molar-refractivity contribution is -0.402. The molecule has 134 valence electrons. The van der Waals surface area contributed by atoms with Crippen LogP contribution in [-0.2, 0) is 4.74 Å². The van der Waals surface area contributed by atoms with Crippen molar-refractivity contribution in [2.75, 3.05) is 39.3 Å². The highest BCUT2D eigenvalue weighted by Gasteiger charge is 2.36. The lowest BCUT2D eigenvalue weighted by Crippen LogP contribution is -2.51. The van der Waals surface area contributed by atoms with Crippen molar-refractivity contribution in [3.8, 4) is 0 Å². The number of carbonyl (C=O) groups is 1. The molecular weight excluding hydrogens is 330 g/mol. The maximum atomic E-state index is 11.9. The molecule has 1 atom stereocenters. The van der Waals surface area contributed by atoms with E-state index >= 15 is 0 Å². The first kappa shape index (κ1) is 17.1. The predicted octanol–water partition coefficient (Wildman–Crippen LogP) is 1.10. The van der Waals surface area contributed by atoms with Gasteiger partial charge in [0.15, 0.2) is 12.0 Å². The van der Waals surface area contributed by atoms with E-state index in [2.05, 4.69) is 21.5 Å². The second kappa shape index (κ2) is 7.45. The van der Waals surface area contributed by atoms with Gasteiger partial charge in [-0.05, 0) is 6.07 Å². The molecule has 1 aromatic heterocycles. The van der Waals surface area contributed by atoms with Gasteiger partial charge in [-0.25, -0.2) is 4.79 Å². The summed E-state index contributed by atoms with van der Waals surface area (Å²) in [6, 6.07) is 2.65. The maximum Gasteiger partial charge on any atom is 0.433 e. The Hall–Kier alpha value is -2.72. The summed E-state index contributed by atoms with van der Waals surface area (Å²) >= 11 is 0. The number of piperazine rings is 1. The molecule has 10 nitrogen and oxygen atoms in total. The molecule has 1 unspecified atom stereocenters. The Morgan fingerprint density at radius 2 is 2.12 bits per heavy atom. The minimum Gasteiger partial charge on any atom is -0.427 e. The van der Waals surface area contributed by atoms with Crippen LogP contribution >= 0.6 is 0 Å². The number of hydrogen-bond acceptors (Lipinski definition) is 8. The second-order valence-electron chi connectivity index (χ2n) is 5.72. The number of nitro groups is 1. The molecule has 0 bridgehead atoms. The van der Waals surface area contributed by atoms with E-state index in [4.69, 9.17) is 9.15 Å². The molecule has 0 N–H and O–H groups in total. The van der Waals surface area contributed by atoms with E-state index in [0.29, 0.717) is 6.54 Å². The highest BCUT2D eigenvalue weighted by Crippen LogP contribution is 2.18. The normalized spacial score (nSPS) is 22.5. The van der Waals surface area contributed by atoms with Crippen LogP contribution in [0.1, 0.15) is 5.76 Å². The van der Waals surface area contributed by atoms with Crippen molar-refractivity contribution in [1.82, 2.24) is 14.8 Å². The van der Waals surface area contributed by atoms with Crippen molar-refractivity contribution in [3.05, 3.63) is 40.7 Å². The summed E-state index contributed by atoms with van der Waals surface area (Å²) in [5.74, 6) is -0.179. The largest absolute Gasteiger partial charge is 0.433 e. The third-order valence-electron chi connectivity index (χ3n) is 4.10. The first-order valence-corrected chi connectivity index (χ1v) is 7.90. The molecule has 2 saturated heterocycles. The topological polar surface area (TPSA) is 105 Å². The molecule has 3 heterocycles. The number of rotatable bonds is 6. The number of carbonyl (C=O) groups excluding carboxylic acids is 1. The molecule has 10 heteroatoms. The van der Waals surface area contributed by atoms with Gasteiger partial charge >= 0.3 is 12.0 Å². The fourth-order valence-electron chi connectivity index (χ4n) is 2.77. The molecule has 2 fully saturated rings. The number of furan rings is 1. The zero-order valence-corrected chi connectivity index (χ0v) is 13.6. The van der Waals surface area contributed by atoms with Gasteiger partial charge in [-0.2, -0.15) is 10.1 Å². The van der Waals surface area contributed by atoms with E-state index < -0.39 is 11.0 Å². The molecule has 2 aliphatic rings. The summed E-state index contributed by atoms with van der Waals surface area (Å²) in [7, 11) is 0. The lowest BCUT2D eigenvalue weighted by atomic mass is 10.3. The van der Waals surface area contributed by atoms with Crippen molar-refractivity contribution in [3.63, 3.8) is 0 Å². The first-order chi connectivity index (χ1) is 12.1. The van der Waals surface area contributed by atoms with Gasteiger partial charge in [0, 0.05) is 32.7 Å². The summed E-state index contributed by atoms with van der Waals surface area (Å²) in [5, 5.41) is 15.8. The first-order valence-electron chi connectivity index (χ1n) is 7.90. The van der Waals surface area contributed by atoms with E-state index in [1.807, 2.05) is 6.08 Å². The molecule has 2 aliphatic heterocycles. The minimum atomic E-state index is -0.635. The van der Waals surface area contributed by atoms with Crippen LogP contribution in [0.2, 0.25) is 0 Å². The molecule has 25 heavy (non-hydrogen) atoms. The van der Waals surface area contributed by atoms with Crippen LogP contribution in [0.5, 0.6) is 0 Å². The van der Waals surface area contributed by atoms with E-state index in [0.717, 1.165) is 32.7 Å². The molecular formula is C15H19N5O5. The third kappa shape index (κ3) is 4.03. The Kier molecular flexibility index (Phi) is 5.10. The van der Waals surface area contributed by atoms with Gasteiger partial charge < -0.3 is 9.15 Å². The van der Waals surface area contributed by atoms with Gasteiger partial charge in [-0.15, -0.1) is 6.58 Å². The molecule has 0 aliphatic carbocycles. The zero-order valence-electron chi connectivity index (χ0n) is 13.6. The quantitative estimate of drug-likeness (QED) is 0.328. The summed E-state index contributed by atoms with van der Waals surface area (Å²) in [6.45, 7) is 8.27. The summed E-state index contributed by atoms with van der Waals surface area (Å²) in [4.78, 5) is 26.3. The fourth-order valence-corrected chi connectivity index (χ4v) is 2.77. The van der Waals surface area contributed by atoms with Gasteiger partial charge in [0.05, 0.1) is 18.8 Å². The van der Waals surface area contributed by atoms with E-state index in [9.17, 15) is 14.9 Å². The Morgan fingerprint density at radius 1 is 1.36 bits per heavy atom. The lowest BCUT2D eigenvalue weighted by Gasteiger charge is -2.36. The molecule has 0 spiro atoms. The Balaban J connectivity index is 1.54. The van der Waals surface area contributed by atoms with Crippen molar-refractivity contribution >= 4 is 18.2 Å². The van der Waals surface area contributed by atoms with Crippen LogP contribution in [0.25, 0.3) is 0 Å². The molecule has 1 aromatic rings. The molecule has 1 amide bonds. The average molecular weight is 349 g/mol. The summed E-state index contributed by atoms with van der Waals surface area (Å²) in [5.41, 5.74) is 0. The minimum absolute atomic E-state index is 0.195. The van der Waals surface area contributed by atoms with Gasteiger partial charge in [0.25, 0.3) is 0 Å². The SMILES string of the molecule is C=CCN1CCN(C2CN(/N=C/c3ccc([N+](=O)[O-])o3)C(=O)O2)CC1. The van der Waals surface area contributed by atoms with Crippen LogP contribution in [0, 0.1) is 10.1 Å². The Labute approximate surface area is 144 Å². The van der Waals surface area contributed by atoms with E-state index in [-0.39, 0.29) is 17.9 Å². The number of nitrogens with zero attached hydrogens (tertiary/aromatic N) is 5. The van der Waals surface area contributed by atoms with Gasteiger partial charge in [-0.1, -0.05) is 6.08 Å². The zero-order chi connectivity index (χ0) is 17.8. The van der Waals surface area contributed by atoms with E-state index in [1.165, 1.54) is 23.4 Å². The fraction of sp³-hybridized carbons (Fsp3) is 0.467. The van der Waals surface area contributed by atoms with Crippen molar-refractivity contribution in [2.45, 2.75) is 6.23 Å². The number of hydrogen-bond donors (Lipinski definition) is 0. The molecule has 0 saturated carbocycles. The van der Waals surface area contributed by atoms with Gasteiger partial charge in [0.1, 0.15) is 4.92 Å². The Morgan fingerprint density at radius 3 is 2.76 bits per heavy atom. The van der Waals surface area contributed by atoms with Gasteiger partial charge in [0.2, 0.25) is 0 Å². The molecule has 0 aromatic carbocycles. The van der Waals surface area contributed by atoms with Crippen molar-refractivity contribution in [1.29, 1.82) is 0 Å². The second-order valence-corrected chi connectivity index (χ2v) is 5.72. The summed E-state index contributed by atoms with van der Waals surface area (Å²) in [6.07, 6.45) is 2.25. The number of cyclic esters (lactones) is 1. The van der Waals surface area contributed by atoms with E-state index in [1.54, 1.807) is 0 Å². The highest BCUT2D eigenvalue weighted by molar-refractivity contribution is 5.78. The third-order valence-corrected chi connectivity index (χ3v) is 4.10. The van der Waals surface area contributed by atoms with Crippen LogP contribution in [0.15, 0.2) is 34.3 Å². The van der Waals surface area contributed by atoms with Crippen LogP contribution < -0.4 is 0 Å². The van der Waals surface area contributed by atoms with Gasteiger partial charge in [-0.3, -0.25) is 19.9 Å². The maximum absolute atomic E-state index is 11.9. The highest BCUT2D eigenvalue weighted by atomic mass is 16.6.